The molecule has 0 aliphatic carbocycles. The molecule has 1 aliphatic heterocycles. The molecule has 0 aromatic carbocycles. The molecule has 0 atom stereocenters. The highest BCUT2D eigenvalue weighted by Gasteiger charge is 2.09. The Hall–Kier alpha value is -0.810. The normalized spacial score (nSPS) is 14.7. The predicted octanol–water partition coefficient (Wildman–Crippen LogP) is 5.88. The molecular weight excluding hydrogens is 374 g/mol. The van der Waals surface area contributed by atoms with Crippen molar-refractivity contribution in [2.75, 3.05) is 45.9 Å². The first kappa shape index (κ1) is 27.2. The van der Waals surface area contributed by atoms with Gasteiger partial charge in [-0.15, -0.1) is 0 Å². The Bertz CT molecular complexity index is 373. The minimum Gasteiger partial charge on any atom is -0.379 e. The van der Waals surface area contributed by atoms with Gasteiger partial charge in [0.1, 0.15) is 0 Å². The fourth-order valence-corrected chi connectivity index (χ4v) is 4.09. The second-order valence-corrected chi connectivity index (χ2v) is 8.94. The fourth-order valence-electron chi connectivity index (χ4n) is 4.09. The molecule has 1 fully saturated rings. The molecule has 178 valence electrons. The van der Waals surface area contributed by atoms with Crippen LogP contribution in [0, 0.1) is 0 Å². The van der Waals surface area contributed by atoms with Crippen molar-refractivity contribution < 1.29 is 9.53 Å². The van der Waals surface area contributed by atoms with Gasteiger partial charge >= 0.3 is 6.03 Å². The van der Waals surface area contributed by atoms with Crippen molar-refractivity contribution in [2.24, 2.45) is 0 Å². The first-order valence-corrected chi connectivity index (χ1v) is 13.1. The molecule has 1 aliphatic rings. The van der Waals surface area contributed by atoms with Crippen molar-refractivity contribution in [3.8, 4) is 0 Å². The number of ether oxygens (including phenoxy) is 1. The number of morpholine rings is 1. The maximum absolute atomic E-state index is 11.8. The van der Waals surface area contributed by atoms with Crippen LogP contribution in [0.2, 0.25) is 0 Å². The largest absolute Gasteiger partial charge is 0.379 e. The molecule has 0 aromatic rings. The third kappa shape index (κ3) is 18.0. The van der Waals surface area contributed by atoms with E-state index in [1.807, 2.05) is 0 Å². The Kier molecular flexibility index (Phi) is 19.4. The van der Waals surface area contributed by atoms with Crippen LogP contribution in [0.4, 0.5) is 4.79 Å². The van der Waals surface area contributed by atoms with Gasteiger partial charge in [-0.25, -0.2) is 4.79 Å². The van der Waals surface area contributed by atoms with Crippen LogP contribution in [0.3, 0.4) is 0 Å². The molecule has 1 saturated heterocycles. The molecule has 2 amide bonds. The van der Waals surface area contributed by atoms with E-state index in [4.69, 9.17) is 4.74 Å². The fraction of sp³-hybridized carbons (Fsp3) is 0.960. The van der Waals surface area contributed by atoms with Crippen LogP contribution in [0.1, 0.15) is 110 Å². The molecular formula is C25H51N3O2. The van der Waals surface area contributed by atoms with Crippen molar-refractivity contribution in [1.29, 1.82) is 0 Å². The number of rotatable bonds is 20. The summed E-state index contributed by atoms with van der Waals surface area (Å²) < 4.78 is 5.33. The zero-order chi connectivity index (χ0) is 21.5. The average Bonchev–Trinajstić information content (AvgIpc) is 2.76. The molecule has 0 saturated carbocycles. The van der Waals surface area contributed by atoms with Crippen LogP contribution >= 0.6 is 0 Å². The van der Waals surface area contributed by atoms with Crippen LogP contribution in [-0.4, -0.2) is 56.9 Å². The zero-order valence-corrected chi connectivity index (χ0v) is 20.0. The number of carbonyl (C=O) groups is 1. The third-order valence-corrected chi connectivity index (χ3v) is 6.13. The number of carbonyl (C=O) groups excluding carboxylic acids is 1. The number of hydrogen-bond acceptors (Lipinski definition) is 3. The van der Waals surface area contributed by atoms with Crippen LogP contribution in [0.25, 0.3) is 0 Å². The summed E-state index contributed by atoms with van der Waals surface area (Å²) in [4.78, 5) is 14.1. The summed E-state index contributed by atoms with van der Waals surface area (Å²) in [5.74, 6) is 0. The predicted molar refractivity (Wildman–Crippen MR) is 128 cm³/mol. The molecule has 1 rings (SSSR count). The number of unbranched alkanes of at least 4 members (excludes halogenated alkanes) is 15. The van der Waals surface area contributed by atoms with Gasteiger partial charge in [0.25, 0.3) is 0 Å². The molecule has 5 nitrogen and oxygen atoms in total. The van der Waals surface area contributed by atoms with E-state index in [9.17, 15) is 4.79 Å². The lowest BCUT2D eigenvalue weighted by Gasteiger charge is -2.26. The van der Waals surface area contributed by atoms with Gasteiger partial charge in [0, 0.05) is 32.7 Å². The van der Waals surface area contributed by atoms with Crippen LogP contribution in [-0.2, 0) is 4.74 Å². The van der Waals surface area contributed by atoms with Gasteiger partial charge < -0.3 is 15.4 Å². The third-order valence-electron chi connectivity index (χ3n) is 6.13. The lowest BCUT2D eigenvalue weighted by atomic mass is 10.0. The molecule has 30 heavy (non-hydrogen) atoms. The number of urea groups is 1. The summed E-state index contributed by atoms with van der Waals surface area (Å²) in [6, 6.07) is -0.0239. The number of nitrogens with one attached hydrogen (secondary N) is 2. The summed E-state index contributed by atoms with van der Waals surface area (Å²) in [6.07, 6.45) is 22.0. The van der Waals surface area contributed by atoms with Crippen LogP contribution < -0.4 is 10.6 Å². The first-order chi connectivity index (χ1) is 14.8. The highest BCUT2D eigenvalue weighted by molar-refractivity contribution is 5.73. The number of hydrogen-bond donors (Lipinski definition) is 2. The van der Waals surface area contributed by atoms with Crippen LogP contribution in [0.5, 0.6) is 0 Å². The Labute approximate surface area is 187 Å². The van der Waals surface area contributed by atoms with E-state index >= 15 is 0 Å². The van der Waals surface area contributed by atoms with E-state index < -0.39 is 0 Å². The van der Waals surface area contributed by atoms with Gasteiger partial charge in [0.15, 0.2) is 0 Å². The Balaban J connectivity index is 1.70. The van der Waals surface area contributed by atoms with Crippen molar-refractivity contribution in [1.82, 2.24) is 15.5 Å². The molecule has 2 N–H and O–H groups in total. The quantitative estimate of drug-likeness (QED) is 0.240. The van der Waals surface area contributed by atoms with Gasteiger partial charge in [-0.2, -0.15) is 0 Å². The second kappa shape index (κ2) is 21.4. The molecule has 0 spiro atoms. The Morgan fingerprint density at radius 1 is 0.667 bits per heavy atom. The van der Waals surface area contributed by atoms with Gasteiger partial charge in [-0.3, -0.25) is 4.90 Å². The lowest BCUT2D eigenvalue weighted by Crippen LogP contribution is -2.43. The van der Waals surface area contributed by atoms with E-state index in [1.54, 1.807) is 0 Å². The van der Waals surface area contributed by atoms with Gasteiger partial charge in [0.2, 0.25) is 0 Å². The Morgan fingerprint density at radius 2 is 1.10 bits per heavy atom. The molecule has 0 unspecified atom stereocenters. The molecule has 5 heteroatoms. The SMILES string of the molecule is CCCCCCCCCCCCCCCCCCNC(=O)NCCN1CCOCC1. The zero-order valence-electron chi connectivity index (χ0n) is 20.0. The summed E-state index contributed by atoms with van der Waals surface area (Å²) in [5.41, 5.74) is 0. The monoisotopic (exact) mass is 425 g/mol. The maximum atomic E-state index is 11.8. The second-order valence-electron chi connectivity index (χ2n) is 8.94. The van der Waals surface area contributed by atoms with Crippen molar-refractivity contribution in [3.05, 3.63) is 0 Å². The molecule has 1 heterocycles. The van der Waals surface area contributed by atoms with Crippen molar-refractivity contribution in [3.63, 3.8) is 0 Å². The van der Waals surface area contributed by atoms with Crippen LogP contribution in [0.15, 0.2) is 0 Å². The Morgan fingerprint density at radius 3 is 1.60 bits per heavy atom. The van der Waals surface area contributed by atoms with E-state index in [-0.39, 0.29) is 6.03 Å². The summed E-state index contributed by atoms with van der Waals surface area (Å²) in [7, 11) is 0. The number of amides is 2. The van der Waals surface area contributed by atoms with Gasteiger partial charge in [-0.1, -0.05) is 103 Å². The summed E-state index contributed by atoms with van der Waals surface area (Å²) in [6.45, 7) is 8.28. The van der Waals surface area contributed by atoms with Crippen molar-refractivity contribution >= 4 is 6.03 Å². The summed E-state index contributed by atoms with van der Waals surface area (Å²) in [5, 5.41) is 5.93. The van der Waals surface area contributed by atoms with E-state index in [0.717, 1.165) is 45.8 Å². The van der Waals surface area contributed by atoms with Gasteiger partial charge in [-0.05, 0) is 6.42 Å². The average molecular weight is 426 g/mol. The van der Waals surface area contributed by atoms with Crippen molar-refractivity contribution in [2.45, 2.75) is 110 Å². The van der Waals surface area contributed by atoms with E-state index in [0.29, 0.717) is 6.54 Å². The first-order valence-electron chi connectivity index (χ1n) is 13.1. The topological polar surface area (TPSA) is 53.6 Å². The minimum absolute atomic E-state index is 0.0239. The maximum Gasteiger partial charge on any atom is 0.314 e. The van der Waals surface area contributed by atoms with Gasteiger partial charge in [0.05, 0.1) is 13.2 Å². The lowest BCUT2D eigenvalue weighted by molar-refractivity contribution is 0.0387. The smallest absolute Gasteiger partial charge is 0.314 e. The molecule has 0 radical (unpaired) electrons. The highest BCUT2D eigenvalue weighted by Crippen LogP contribution is 2.13. The molecule has 0 aromatic heterocycles. The molecule has 0 bridgehead atoms. The summed E-state index contributed by atoms with van der Waals surface area (Å²) >= 11 is 0. The number of nitrogens with zero attached hydrogens (tertiary/aromatic N) is 1. The van der Waals surface area contributed by atoms with E-state index in [2.05, 4.69) is 22.5 Å². The minimum atomic E-state index is -0.0239. The standard InChI is InChI=1S/C25H51N3O2/c1-2-3-4-5-6-7-8-9-10-11-12-13-14-15-16-17-18-26-25(29)27-19-20-28-21-23-30-24-22-28/h2-24H2,1H3,(H2,26,27,29). The van der Waals surface area contributed by atoms with E-state index in [1.165, 1.54) is 96.3 Å². The highest BCUT2D eigenvalue weighted by atomic mass is 16.5.